The second kappa shape index (κ2) is 7.64. The topological polar surface area (TPSA) is 81.3 Å². The molecule has 0 aliphatic carbocycles. The molecule has 1 fully saturated rings. The van der Waals surface area contributed by atoms with E-state index in [4.69, 9.17) is 4.74 Å². The SMILES string of the molecule is C[Si](C)(C)CCOCn1ccc2c(=O)n(CC3(O)CCNCC3)cnc21. The van der Waals surface area contributed by atoms with Crippen molar-refractivity contribution >= 4 is 19.1 Å². The molecule has 7 nitrogen and oxygen atoms in total. The van der Waals surface area contributed by atoms with Gasteiger partial charge >= 0.3 is 0 Å². The summed E-state index contributed by atoms with van der Waals surface area (Å²) in [4.78, 5) is 17.2. The van der Waals surface area contributed by atoms with Crippen molar-refractivity contribution in [1.29, 1.82) is 0 Å². The summed E-state index contributed by atoms with van der Waals surface area (Å²) in [6.45, 7) is 9.92. The molecule has 26 heavy (non-hydrogen) atoms. The largest absolute Gasteiger partial charge is 0.388 e. The number of rotatable bonds is 7. The molecule has 3 rings (SSSR count). The van der Waals surface area contributed by atoms with Crippen molar-refractivity contribution in [1.82, 2.24) is 19.4 Å². The minimum atomic E-state index is -1.11. The van der Waals surface area contributed by atoms with E-state index < -0.39 is 13.7 Å². The Bertz CT molecular complexity index is 803. The van der Waals surface area contributed by atoms with Gasteiger partial charge in [-0.2, -0.15) is 0 Å². The third kappa shape index (κ3) is 4.62. The van der Waals surface area contributed by atoms with Crippen LogP contribution in [0, 0.1) is 0 Å². The van der Waals surface area contributed by atoms with Gasteiger partial charge in [0.15, 0.2) is 0 Å². The molecule has 2 aromatic rings. The van der Waals surface area contributed by atoms with Crippen LogP contribution in [0.5, 0.6) is 0 Å². The lowest BCUT2D eigenvalue weighted by Gasteiger charge is -2.32. The van der Waals surface area contributed by atoms with Gasteiger partial charge in [-0.05, 0) is 38.0 Å². The maximum absolute atomic E-state index is 12.8. The molecule has 144 valence electrons. The zero-order chi connectivity index (χ0) is 18.8. The molecule has 0 unspecified atom stereocenters. The van der Waals surface area contributed by atoms with Crippen LogP contribution in [-0.2, 0) is 18.0 Å². The number of aliphatic hydroxyl groups is 1. The second-order valence-corrected chi connectivity index (χ2v) is 14.1. The molecule has 0 saturated carbocycles. The molecule has 2 aromatic heterocycles. The minimum absolute atomic E-state index is 0.109. The van der Waals surface area contributed by atoms with Gasteiger partial charge in [0.25, 0.3) is 5.56 Å². The lowest BCUT2D eigenvalue weighted by atomic mass is 9.92. The zero-order valence-corrected chi connectivity index (χ0v) is 17.0. The standard InChI is InChI=1S/C18H30N4O3Si/c1-26(2,3)11-10-25-14-21-9-4-15-16(21)20-13-22(17(15)23)12-18(24)5-7-19-8-6-18/h4,9,13,19,24H,5-8,10-12,14H2,1-3H3. The zero-order valence-electron chi connectivity index (χ0n) is 16.0. The van der Waals surface area contributed by atoms with Crippen LogP contribution in [0.15, 0.2) is 23.4 Å². The third-order valence-electron chi connectivity index (χ3n) is 4.97. The van der Waals surface area contributed by atoms with Crippen LogP contribution in [0.1, 0.15) is 12.8 Å². The number of ether oxygens (including phenoxy) is 1. The maximum Gasteiger partial charge on any atom is 0.262 e. The van der Waals surface area contributed by atoms with Crippen LogP contribution < -0.4 is 10.9 Å². The number of hydrogen-bond donors (Lipinski definition) is 2. The highest BCUT2D eigenvalue weighted by molar-refractivity contribution is 6.76. The lowest BCUT2D eigenvalue weighted by Crippen LogP contribution is -2.46. The summed E-state index contributed by atoms with van der Waals surface area (Å²) in [6.07, 6.45) is 4.67. The van der Waals surface area contributed by atoms with Gasteiger partial charge in [-0.15, -0.1) is 0 Å². The number of nitrogens with one attached hydrogen (secondary N) is 1. The number of piperidine rings is 1. The Morgan fingerprint density at radius 1 is 1.31 bits per heavy atom. The number of fused-ring (bicyclic) bond motifs is 1. The second-order valence-electron chi connectivity index (χ2n) is 8.52. The van der Waals surface area contributed by atoms with Gasteiger partial charge in [0.1, 0.15) is 18.7 Å². The summed E-state index contributed by atoms with van der Waals surface area (Å²) in [5, 5.41) is 14.5. The molecule has 0 radical (unpaired) electrons. The average molecular weight is 379 g/mol. The van der Waals surface area contributed by atoms with Crippen molar-refractivity contribution in [2.24, 2.45) is 0 Å². The van der Waals surface area contributed by atoms with E-state index in [2.05, 4.69) is 29.9 Å². The first-order valence-electron chi connectivity index (χ1n) is 9.33. The van der Waals surface area contributed by atoms with E-state index in [0.717, 1.165) is 25.7 Å². The highest BCUT2D eigenvalue weighted by Gasteiger charge is 2.30. The van der Waals surface area contributed by atoms with Crippen LogP contribution in [-0.4, -0.2) is 52.6 Å². The number of aromatic nitrogens is 3. The van der Waals surface area contributed by atoms with Gasteiger partial charge in [0, 0.05) is 20.9 Å². The normalized spacial score (nSPS) is 17.7. The number of nitrogens with zero attached hydrogens (tertiary/aromatic N) is 3. The van der Waals surface area contributed by atoms with E-state index in [9.17, 15) is 9.90 Å². The van der Waals surface area contributed by atoms with Gasteiger partial charge in [-0.1, -0.05) is 19.6 Å². The molecule has 0 spiro atoms. The lowest BCUT2D eigenvalue weighted by molar-refractivity contribution is -0.00629. The molecule has 1 aliphatic heterocycles. The summed E-state index contributed by atoms with van der Waals surface area (Å²) < 4.78 is 9.17. The van der Waals surface area contributed by atoms with Crippen LogP contribution >= 0.6 is 0 Å². The first-order valence-corrected chi connectivity index (χ1v) is 13.0. The van der Waals surface area contributed by atoms with Gasteiger partial charge in [-0.3, -0.25) is 9.36 Å². The maximum atomic E-state index is 12.8. The Morgan fingerprint density at radius 3 is 2.73 bits per heavy atom. The van der Waals surface area contributed by atoms with Crippen molar-refractivity contribution < 1.29 is 9.84 Å². The molecule has 0 amide bonds. The minimum Gasteiger partial charge on any atom is -0.388 e. The fourth-order valence-corrected chi connectivity index (χ4v) is 3.99. The van der Waals surface area contributed by atoms with E-state index in [0.29, 0.717) is 30.6 Å². The van der Waals surface area contributed by atoms with E-state index in [1.807, 2.05) is 10.8 Å². The van der Waals surface area contributed by atoms with E-state index in [1.54, 1.807) is 12.4 Å². The van der Waals surface area contributed by atoms with Gasteiger partial charge in [0.05, 0.1) is 17.5 Å². The summed E-state index contributed by atoms with van der Waals surface area (Å²) in [5.74, 6) is 0. The fourth-order valence-electron chi connectivity index (χ4n) is 3.23. The highest BCUT2D eigenvalue weighted by Crippen LogP contribution is 2.20. The van der Waals surface area contributed by atoms with Crippen LogP contribution in [0.3, 0.4) is 0 Å². The Kier molecular flexibility index (Phi) is 5.66. The van der Waals surface area contributed by atoms with Crippen LogP contribution in [0.2, 0.25) is 25.7 Å². The molecule has 3 heterocycles. The van der Waals surface area contributed by atoms with Crippen molar-refractivity contribution in [2.75, 3.05) is 19.7 Å². The highest BCUT2D eigenvalue weighted by atomic mass is 28.3. The smallest absolute Gasteiger partial charge is 0.262 e. The van der Waals surface area contributed by atoms with Gasteiger partial charge < -0.3 is 19.7 Å². The first kappa shape index (κ1) is 19.3. The van der Waals surface area contributed by atoms with E-state index >= 15 is 0 Å². The van der Waals surface area contributed by atoms with Gasteiger partial charge in [0.2, 0.25) is 0 Å². The molecule has 8 heteroatoms. The molecule has 0 atom stereocenters. The fraction of sp³-hybridized carbons (Fsp3) is 0.667. The Morgan fingerprint density at radius 2 is 2.04 bits per heavy atom. The molecular weight excluding hydrogens is 348 g/mol. The van der Waals surface area contributed by atoms with E-state index in [-0.39, 0.29) is 12.1 Å². The molecule has 0 bridgehead atoms. The summed E-state index contributed by atoms with van der Waals surface area (Å²) in [7, 11) is -1.11. The molecule has 1 saturated heterocycles. The predicted molar refractivity (Wildman–Crippen MR) is 105 cm³/mol. The quantitative estimate of drug-likeness (QED) is 0.565. The third-order valence-corrected chi connectivity index (χ3v) is 6.67. The Labute approximate surface area is 155 Å². The first-order chi connectivity index (χ1) is 12.3. The Hall–Kier alpha value is -1.48. The van der Waals surface area contributed by atoms with Gasteiger partial charge in [-0.25, -0.2) is 4.98 Å². The summed E-state index contributed by atoms with van der Waals surface area (Å²) in [5.41, 5.74) is -0.313. The van der Waals surface area contributed by atoms with Crippen molar-refractivity contribution in [3.8, 4) is 0 Å². The summed E-state index contributed by atoms with van der Waals surface area (Å²) >= 11 is 0. The molecule has 2 N–H and O–H groups in total. The Balaban J connectivity index is 1.71. The predicted octanol–water partition coefficient (Wildman–Crippen LogP) is 1.62. The number of hydrogen-bond acceptors (Lipinski definition) is 5. The van der Waals surface area contributed by atoms with Crippen molar-refractivity contribution in [3.63, 3.8) is 0 Å². The average Bonchev–Trinajstić information content (AvgIpc) is 2.98. The molecule has 0 aromatic carbocycles. The summed E-state index contributed by atoms with van der Waals surface area (Å²) in [6, 6.07) is 2.90. The van der Waals surface area contributed by atoms with Crippen molar-refractivity contribution in [3.05, 3.63) is 28.9 Å². The van der Waals surface area contributed by atoms with Crippen LogP contribution in [0.4, 0.5) is 0 Å². The molecule has 1 aliphatic rings. The van der Waals surface area contributed by atoms with E-state index in [1.165, 1.54) is 4.57 Å². The molecular formula is C18H30N4O3Si. The van der Waals surface area contributed by atoms with Crippen LogP contribution in [0.25, 0.3) is 11.0 Å². The van der Waals surface area contributed by atoms with Crippen molar-refractivity contribution in [2.45, 2.75) is 57.4 Å². The monoisotopic (exact) mass is 378 g/mol.